The van der Waals surface area contributed by atoms with Gasteiger partial charge in [-0.1, -0.05) is 62.4 Å². The van der Waals surface area contributed by atoms with Gasteiger partial charge in [-0.25, -0.2) is 4.79 Å². The van der Waals surface area contributed by atoms with Gasteiger partial charge in [0.2, 0.25) is 0 Å². The Bertz CT molecular complexity index is 2140. The van der Waals surface area contributed by atoms with Gasteiger partial charge in [0.05, 0.1) is 44.6 Å². The van der Waals surface area contributed by atoms with E-state index in [1.54, 1.807) is 43.4 Å². The van der Waals surface area contributed by atoms with E-state index >= 15 is 0 Å². The number of amides is 2. The number of allylic oxidation sites excluding steroid dienone is 4. The molecule has 3 N–H and O–H groups in total. The number of carbonyl (C=O) groups is 2. The SMILES string of the molecule is COc1ccc(CN(C[C@]2(O)CC[C@H]3[C@]45C=C[C@@]6(C=C4C(=O)c4cccc(C(F)(F)F)c4)CC(O)CC[C@]6(C)[C@H]5CC[C@@]32C)C(=O)Nc2ccccc2)c(OC)c1. The van der Waals surface area contributed by atoms with Gasteiger partial charge >= 0.3 is 12.2 Å². The van der Waals surface area contributed by atoms with E-state index < -0.39 is 51.5 Å². The molecule has 3 saturated carbocycles. The van der Waals surface area contributed by atoms with Crippen LogP contribution in [0.2, 0.25) is 0 Å². The molecule has 0 aromatic heterocycles. The Labute approximate surface area is 331 Å². The number of benzene rings is 3. The molecule has 0 radical (unpaired) electrons. The highest BCUT2D eigenvalue weighted by Gasteiger charge is 2.74. The number of anilines is 1. The van der Waals surface area contributed by atoms with Crippen LogP contribution in [0.25, 0.3) is 0 Å². The number of hydrogen-bond acceptors (Lipinski definition) is 6. The van der Waals surface area contributed by atoms with E-state index in [0.29, 0.717) is 61.3 Å². The number of urea groups is 1. The Balaban J connectivity index is 1.20. The third-order valence-electron chi connectivity index (χ3n) is 15.0. The molecule has 0 aliphatic heterocycles. The van der Waals surface area contributed by atoms with Gasteiger partial charge in [-0.05, 0) is 98.6 Å². The number of ketones is 1. The maximum atomic E-state index is 14.9. The second-order valence-electron chi connectivity index (χ2n) is 17.5. The molecule has 1 unspecified atom stereocenters. The number of nitrogens with one attached hydrogen (secondary N) is 1. The number of rotatable bonds is 9. The number of nitrogens with zero attached hydrogens (tertiary/aromatic N) is 1. The molecular weight excluding hydrogens is 734 g/mol. The molecular formula is C46H51F3N2O6. The van der Waals surface area contributed by atoms with Crippen LogP contribution in [0.3, 0.4) is 0 Å². The molecule has 6 aliphatic carbocycles. The average Bonchev–Trinajstić information content (AvgIpc) is 3.47. The molecule has 8 atom stereocenters. The van der Waals surface area contributed by atoms with Crippen molar-refractivity contribution in [1.82, 2.24) is 4.90 Å². The van der Waals surface area contributed by atoms with Crippen LogP contribution in [0.5, 0.6) is 11.5 Å². The second kappa shape index (κ2) is 13.8. The smallest absolute Gasteiger partial charge is 0.416 e. The summed E-state index contributed by atoms with van der Waals surface area (Å²) in [7, 11) is 3.12. The average molecular weight is 785 g/mol. The van der Waals surface area contributed by atoms with Crippen LogP contribution in [0.4, 0.5) is 23.7 Å². The topological polar surface area (TPSA) is 108 Å². The first-order valence-corrected chi connectivity index (χ1v) is 19.9. The summed E-state index contributed by atoms with van der Waals surface area (Å²) in [6.45, 7) is 4.42. The molecule has 302 valence electrons. The molecule has 8 nitrogen and oxygen atoms in total. The van der Waals surface area contributed by atoms with E-state index in [2.05, 4.69) is 31.3 Å². The molecule has 11 heteroatoms. The van der Waals surface area contributed by atoms with Crippen LogP contribution in [-0.4, -0.2) is 59.4 Å². The summed E-state index contributed by atoms with van der Waals surface area (Å²) in [6.07, 6.45) is 5.03. The fourth-order valence-electron chi connectivity index (χ4n) is 12.0. The lowest BCUT2D eigenvalue weighted by Crippen LogP contribution is -2.67. The van der Waals surface area contributed by atoms with Crippen molar-refractivity contribution in [1.29, 1.82) is 0 Å². The molecule has 3 fully saturated rings. The Kier molecular flexibility index (Phi) is 9.47. The molecule has 2 spiro atoms. The van der Waals surface area contributed by atoms with Crippen molar-refractivity contribution in [3.8, 4) is 11.5 Å². The number of hydrogen-bond donors (Lipinski definition) is 3. The van der Waals surface area contributed by atoms with Crippen molar-refractivity contribution in [3.05, 3.63) is 113 Å². The number of alkyl halides is 3. The lowest BCUT2D eigenvalue weighted by atomic mass is 9.32. The van der Waals surface area contributed by atoms with Crippen LogP contribution in [0, 0.1) is 33.5 Å². The fraction of sp³-hybridized carbons (Fsp3) is 0.478. The summed E-state index contributed by atoms with van der Waals surface area (Å²) < 4.78 is 53.1. The van der Waals surface area contributed by atoms with Gasteiger partial charge in [0.1, 0.15) is 11.5 Å². The first kappa shape index (κ1) is 39.2. The van der Waals surface area contributed by atoms with Crippen molar-refractivity contribution >= 4 is 17.5 Å². The number of halogens is 3. The van der Waals surface area contributed by atoms with Gasteiger partial charge in [-0.15, -0.1) is 0 Å². The monoisotopic (exact) mass is 784 g/mol. The highest BCUT2D eigenvalue weighted by Crippen LogP contribution is 2.78. The van der Waals surface area contributed by atoms with Crippen LogP contribution in [0.1, 0.15) is 80.3 Å². The minimum absolute atomic E-state index is 0.0215. The number of aliphatic hydroxyl groups excluding tert-OH is 1. The zero-order valence-corrected chi connectivity index (χ0v) is 32.9. The number of carbonyl (C=O) groups excluding carboxylic acids is 2. The summed E-state index contributed by atoms with van der Waals surface area (Å²) in [5.41, 5.74) is -3.21. The Morgan fingerprint density at radius 3 is 2.32 bits per heavy atom. The highest BCUT2D eigenvalue weighted by atomic mass is 19.4. The van der Waals surface area contributed by atoms with E-state index in [1.807, 2.05) is 30.3 Å². The van der Waals surface area contributed by atoms with Crippen molar-refractivity contribution in [2.24, 2.45) is 33.5 Å². The quantitative estimate of drug-likeness (QED) is 0.148. The standard InChI is InChI=1S/C46H51F3N2O6/c1-41-18-15-33(52)25-43(41)21-22-45(35(26-43)39(53)29-9-8-10-31(23-29)46(47,48)49)37(41)16-19-42(2)38(45)17-20-44(42,55)28-51(40(54)50-32-11-6-5-7-12-32)27-30-13-14-34(56-3)24-36(30)57-4/h5-14,21-24,26,33,37-38,52,55H,15-20,25,27-28H2,1-4H3,(H,50,54)/t33?,37-,38-,41-,42+,43+,44-,45-/m1/s1. The van der Waals surface area contributed by atoms with Gasteiger partial charge in [-0.3, -0.25) is 4.79 Å². The maximum Gasteiger partial charge on any atom is 0.416 e. The first-order valence-electron chi connectivity index (χ1n) is 19.9. The molecule has 3 aromatic rings. The first-order chi connectivity index (χ1) is 27.0. The molecule has 0 saturated heterocycles. The van der Waals surface area contributed by atoms with Crippen LogP contribution >= 0.6 is 0 Å². The minimum Gasteiger partial charge on any atom is -0.497 e. The third kappa shape index (κ3) is 6.01. The summed E-state index contributed by atoms with van der Waals surface area (Å²) in [5, 5.41) is 27.2. The largest absolute Gasteiger partial charge is 0.497 e. The van der Waals surface area contributed by atoms with Gasteiger partial charge in [-0.2, -0.15) is 13.2 Å². The zero-order chi connectivity index (χ0) is 40.6. The maximum absolute atomic E-state index is 14.9. The third-order valence-corrected chi connectivity index (χ3v) is 15.0. The van der Waals surface area contributed by atoms with Crippen molar-refractivity contribution < 1.29 is 42.4 Å². The van der Waals surface area contributed by atoms with E-state index in [-0.39, 0.29) is 35.9 Å². The molecule has 9 rings (SSSR count). The molecule has 2 amide bonds. The van der Waals surface area contributed by atoms with Gasteiger partial charge < -0.3 is 29.9 Å². The number of fused-ring (bicyclic) bond motifs is 1. The summed E-state index contributed by atoms with van der Waals surface area (Å²) in [6, 6.07) is 18.7. The second-order valence-corrected chi connectivity index (χ2v) is 17.5. The van der Waals surface area contributed by atoms with Gasteiger partial charge in [0.15, 0.2) is 5.78 Å². The van der Waals surface area contributed by atoms with Crippen molar-refractivity contribution in [2.75, 3.05) is 26.1 Å². The van der Waals surface area contributed by atoms with E-state index in [0.717, 1.165) is 24.1 Å². The number of Topliss-reactive ketones (excluding diaryl/α,β-unsaturated/α-hetero) is 1. The molecule has 6 aliphatic rings. The van der Waals surface area contributed by atoms with Crippen molar-refractivity contribution in [2.45, 2.75) is 83.2 Å². The fourth-order valence-corrected chi connectivity index (χ4v) is 12.0. The summed E-state index contributed by atoms with van der Waals surface area (Å²) >= 11 is 0. The molecule has 2 bridgehead atoms. The number of para-hydroxylation sites is 1. The highest BCUT2D eigenvalue weighted by molar-refractivity contribution is 6.10. The Hall–Kier alpha value is -4.61. The van der Waals surface area contributed by atoms with E-state index in [1.165, 1.54) is 12.1 Å². The lowest BCUT2D eigenvalue weighted by Gasteiger charge is -2.71. The Morgan fingerprint density at radius 1 is 0.877 bits per heavy atom. The Morgan fingerprint density at radius 2 is 1.60 bits per heavy atom. The number of methoxy groups -OCH3 is 2. The predicted octanol–water partition coefficient (Wildman–Crippen LogP) is 9.23. The van der Waals surface area contributed by atoms with E-state index in [4.69, 9.17) is 9.47 Å². The lowest BCUT2D eigenvalue weighted by molar-refractivity contribution is -0.174. The predicted molar refractivity (Wildman–Crippen MR) is 210 cm³/mol. The van der Waals surface area contributed by atoms with Gasteiger partial charge in [0.25, 0.3) is 0 Å². The van der Waals surface area contributed by atoms with Crippen LogP contribution < -0.4 is 14.8 Å². The molecule has 3 aromatic carbocycles. The van der Waals surface area contributed by atoms with Gasteiger partial charge in [0, 0.05) is 44.7 Å². The molecule has 0 heterocycles. The minimum atomic E-state index is -4.62. The van der Waals surface area contributed by atoms with Crippen molar-refractivity contribution in [3.63, 3.8) is 0 Å². The van der Waals surface area contributed by atoms with E-state index in [9.17, 15) is 33.0 Å². The normalized spacial score (nSPS) is 33.7. The van der Waals surface area contributed by atoms with Crippen LogP contribution in [0.15, 0.2) is 96.6 Å². The summed E-state index contributed by atoms with van der Waals surface area (Å²) in [4.78, 5) is 30.8. The zero-order valence-electron chi connectivity index (χ0n) is 32.9. The molecule has 57 heavy (non-hydrogen) atoms. The number of aliphatic hydroxyl groups is 2. The van der Waals surface area contributed by atoms with Crippen LogP contribution in [-0.2, 0) is 12.7 Å². The number of ether oxygens (including phenoxy) is 2. The summed E-state index contributed by atoms with van der Waals surface area (Å²) in [5.74, 6) is 0.340.